The fourth-order valence-electron chi connectivity index (χ4n) is 5.17. The van der Waals surface area contributed by atoms with Gasteiger partial charge in [0.2, 0.25) is 0 Å². The van der Waals surface area contributed by atoms with E-state index in [4.69, 9.17) is 14.5 Å². The van der Waals surface area contributed by atoms with Crippen molar-refractivity contribution in [2.24, 2.45) is 0 Å². The maximum absolute atomic E-state index is 14.7. The number of carbonyl (C=O) groups excluding carboxylic acids is 2. The van der Waals surface area contributed by atoms with Crippen molar-refractivity contribution in [2.45, 2.75) is 13.5 Å². The molecule has 10 heteroatoms. The summed E-state index contributed by atoms with van der Waals surface area (Å²) in [5.41, 5.74) is 2.81. The first-order valence-electron chi connectivity index (χ1n) is 14.1. The van der Waals surface area contributed by atoms with Crippen molar-refractivity contribution in [1.82, 2.24) is 14.8 Å². The van der Waals surface area contributed by atoms with E-state index < -0.39 is 17.6 Å². The quantitative estimate of drug-likeness (QED) is 0.331. The van der Waals surface area contributed by atoms with E-state index >= 15 is 0 Å². The Morgan fingerprint density at radius 1 is 0.810 bits per heavy atom. The third kappa shape index (κ3) is 6.19. The van der Waals surface area contributed by atoms with Gasteiger partial charge in [-0.15, -0.1) is 0 Å². The SMILES string of the molecule is CCN1CCN(Cc2ccc3cc(C(=O)Nc4cc(NC(=O)c5ccc6c(c5)OCCO6)ccc4F)ccc3n2)CC1. The second-order valence-corrected chi connectivity index (χ2v) is 10.4. The van der Waals surface area contributed by atoms with Crippen molar-refractivity contribution >= 4 is 34.1 Å². The van der Waals surface area contributed by atoms with Gasteiger partial charge >= 0.3 is 0 Å². The van der Waals surface area contributed by atoms with Crippen molar-refractivity contribution in [1.29, 1.82) is 0 Å². The summed E-state index contributed by atoms with van der Waals surface area (Å²) in [7, 11) is 0. The van der Waals surface area contributed by atoms with Gasteiger partial charge in [-0.2, -0.15) is 0 Å². The van der Waals surface area contributed by atoms with Gasteiger partial charge in [-0.1, -0.05) is 13.0 Å². The number of anilines is 2. The van der Waals surface area contributed by atoms with Crippen molar-refractivity contribution in [2.75, 3.05) is 56.6 Å². The molecule has 2 aliphatic heterocycles. The van der Waals surface area contributed by atoms with Gasteiger partial charge in [-0.05, 0) is 67.2 Å². The van der Waals surface area contributed by atoms with Gasteiger partial charge in [0.25, 0.3) is 11.8 Å². The number of hydrogen-bond acceptors (Lipinski definition) is 7. The summed E-state index contributed by atoms with van der Waals surface area (Å²) >= 11 is 0. The smallest absolute Gasteiger partial charge is 0.255 e. The molecule has 3 aromatic carbocycles. The summed E-state index contributed by atoms with van der Waals surface area (Å²) in [6, 6.07) is 18.1. The van der Waals surface area contributed by atoms with Crippen LogP contribution in [0.3, 0.4) is 0 Å². The zero-order chi connectivity index (χ0) is 29.1. The van der Waals surface area contributed by atoms with Gasteiger partial charge in [-0.25, -0.2) is 4.39 Å². The molecule has 2 N–H and O–H groups in total. The number of likely N-dealkylation sites (N-methyl/N-ethyl adjacent to an activating group) is 1. The fourth-order valence-corrected chi connectivity index (χ4v) is 5.17. The lowest BCUT2D eigenvalue weighted by Crippen LogP contribution is -2.45. The Labute approximate surface area is 243 Å². The minimum atomic E-state index is -0.618. The Bertz CT molecular complexity index is 1640. The molecular formula is C32H32FN5O4. The van der Waals surface area contributed by atoms with Crippen LogP contribution in [0.5, 0.6) is 11.5 Å². The molecule has 0 radical (unpaired) electrons. The van der Waals surface area contributed by atoms with Gasteiger partial charge < -0.3 is 25.0 Å². The highest BCUT2D eigenvalue weighted by Gasteiger charge is 2.18. The number of rotatable bonds is 7. The maximum Gasteiger partial charge on any atom is 0.255 e. The molecule has 0 bridgehead atoms. The molecule has 1 fully saturated rings. The van der Waals surface area contributed by atoms with Crippen molar-refractivity contribution in [3.8, 4) is 11.5 Å². The Morgan fingerprint density at radius 2 is 1.52 bits per heavy atom. The summed E-state index contributed by atoms with van der Waals surface area (Å²) in [5, 5.41) is 6.19. The highest BCUT2D eigenvalue weighted by molar-refractivity contribution is 6.07. The van der Waals surface area contributed by atoms with Gasteiger partial charge in [0, 0.05) is 54.9 Å². The number of nitrogens with zero attached hydrogens (tertiary/aromatic N) is 3. The first-order valence-corrected chi connectivity index (χ1v) is 14.1. The molecule has 2 amide bonds. The number of benzene rings is 3. The minimum absolute atomic E-state index is 0.0447. The van der Waals surface area contributed by atoms with Gasteiger partial charge in [0.1, 0.15) is 19.0 Å². The number of nitrogens with one attached hydrogen (secondary N) is 2. The average Bonchev–Trinajstić information content (AvgIpc) is 3.02. The monoisotopic (exact) mass is 569 g/mol. The van der Waals surface area contributed by atoms with E-state index in [0.717, 1.165) is 55.9 Å². The molecule has 1 aromatic heterocycles. The van der Waals surface area contributed by atoms with E-state index in [0.29, 0.717) is 41.5 Å². The van der Waals surface area contributed by atoms with Gasteiger partial charge in [0.15, 0.2) is 11.5 Å². The van der Waals surface area contributed by atoms with Crippen molar-refractivity contribution < 1.29 is 23.5 Å². The van der Waals surface area contributed by atoms with Crippen LogP contribution in [-0.2, 0) is 6.54 Å². The number of amides is 2. The number of pyridine rings is 1. The topological polar surface area (TPSA) is 96.0 Å². The largest absolute Gasteiger partial charge is 0.486 e. The van der Waals surface area contributed by atoms with Gasteiger partial charge in [-0.3, -0.25) is 19.5 Å². The third-order valence-corrected chi connectivity index (χ3v) is 7.58. The molecule has 2 aliphatic rings. The Kier molecular flexibility index (Phi) is 7.98. The van der Waals surface area contributed by atoms with Crippen LogP contribution in [0.2, 0.25) is 0 Å². The number of hydrogen-bond donors (Lipinski definition) is 2. The molecule has 216 valence electrons. The van der Waals surface area contributed by atoms with E-state index in [1.54, 1.807) is 30.3 Å². The highest BCUT2D eigenvalue weighted by Crippen LogP contribution is 2.31. The number of fused-ring (bicyclic) bond motifs is 2. The zero-order valence-corrected chi connectivity index (χ0v) is 23.4. The number of piperazine rings is 1. The van der Waals surface area contributed by atoms with E-state index in [-0.39, 0.29) is 5.69 Å². The molecule has 6 rings (SSSR count). The van der Waals surface area contributed by atoms with Crippen molar-refractivity contribution in [3.05, 3.63) is 89.4 Å². The summed E-state index contributed by atoms with van der Waals surface area (Å²) in [6.07, 6.45) is 0. The lowest BCUT2D eigenvalue weighted by molar-refractivity contribution is 0.101. The molecule has 9 nitrogen and oxygen atoms in total. The number of halogens is 1. The second-order valence-electron chi connectivity index (χ2n) is 10.4. The minimum Gasteiger partial charge on any atom is -0.486 e. The van der Waals surface area contributed by atoms with E-state index in [1.807, 2.05) is 18.2 Å². The normalized spacial score (nSPS) is 15.4. The molecular weight excluding hydrogens is 537 g/mol. The molecule has 0 aliphatic carbocycles. The Morgan fingerprint density at radius 3 is 2.33 bits per heavy atom. The molecule has 42 heavy (non-hydrogen) atoms. The Hall–Kier alpha value is -4.54. The van der Waals surface area contributed by atoms with E-state index in [9.17, 15) is 14.0 Å². The highest BCUT2D eigenvalue weighted by atomic mass is 19.1. The first kappa shape index (κ1) is 27.6. The lowest BCUT2D eigenvalue weighted by atomic mass is 10.1. The number of carbonyl (C=O) groups is 2. The standard InChI is InChI=1S/C32H32FN5O4/c1-2-37-11-13-38(14-12-37)20-25-6-3-21-17-22(4-9-27(21)34-25)32(40)36-28-19-24(7-8-26(28)33)35-31(39)23-5-10-29-30(18-23)42-16-15-41-29/h3-10,17-19H,2,11-16,20H2,1H3,(H,35,39)(H,36,40). The molecule has 0 spiro atoms. The van der Waals surface area contributed by atoms with Crippen molar-refractivity contribution in [3.63, 3.8) is 0 Å². The van der Waals surface area contributed by atoms with Crippen LogP contribution in [0.4, 0.5) is 15.8 Å². The molecule has 3 heterocycles. The van der Waals surface area contributed by atoms with Crippen LogP contribution in [-0.4, -0.2) is 72.5 Å². The number of ether oxygens (including phenoxy) is 2. The van der Waals surface area contributed by atoms with Crippen LogP contribution in [0.25, 0.3) is 10.9 Å². The van der Waals surface area contributed by atoms with Crippen LogP contribution in [0.1, 0.15) is 33.3 Å². The zero-order valence-electron chi connectivity index (χ0n) is 23.4. The number of aromatic nitrogens is 1. The predicted octanol–water partition coefficient (Wildman–Crippen LogP) is 4.79. The fraction of sp³-hybridized carbons (Fsp3) is 0.281. The summed E-state index contributed by atoms with van der Waals surface area (Å²) in [5.74, 6) is -0.416. The summed E-state index contributed by atoms with van der Waals surface area (Å²) < 4.78 is 25.7. The first-order chi connectivity index (χ1) is 20.4. The molecule has 4 aromatic rings. The Balaban J connectivity index is 1.11. The molecule has 0 saturated carbocycles. The molecule has 0 atom stereocenters. The third-order valence-electron chi connectivity index (χ3n) is 7.58. The van der Waals surface area contributed by atoms with Crippen LogP contribution in [0.15, 0.2) is 66.7 Å². The molecule has 0 unspecified atom stereocenters. The van der Waals surface area contributed by atoms with Crippen LogP contribution < -0.4 is 20.1 Å². The van der Waals surface area contributed by atoms with Gasteiger partial charge in [0.05, 0.1) is 16.9 Å². The maximum atomic E-state index is 14.7. The molecule has 1 saturated heterocycles. The lowest BCUT2D eigenvalue weighted by Gasteiger charge is -2.33. The predicted molar refractivity (Wildman–Crippen MR) is 159 cm³/mol. The van der Waals surface area contributed by atoms with Crippen LogP contribution in [0, 0.1) is 5.82 Å². The van der Waals surface area contributed by atoms with E-state index in [1.165, 1.54) is 18.2 Å². The summed E-state index contributed by atoms with van der Waals surface area (Å²) in [6.45, 7) is 9.09. The second kappa shape index (κ2) is 12.1. The van der Waals surface area contributed by atoms with E-state index in [2.05, 4.69) is 27.4 Å². The average molecular weight is 570 g/mol. The van der Waals surface area contributed by atoms with Crippen LogP contribution >= 0.6 is 0 Å². The summed E-state index contributed by atoms with van der Waals surface area (Å²) in [4.78, 5) is 35.5.